The van der Waals surface area contributed by atoms with Crippen LogP contribution in [0.15, 0.2) is 24.3 Å². The minimum atomic E-state index is -1.00. The molecule has 1 atom stereocenters. The van der Waals surface area contributed by atoms with Crippen LogP contribution in [0, 0.1) is 11.3 Å². The van der Waals surface area contributed by atoms with Crippen LogP contribution >= 0.6 is 0 Å². The molecule has 1 unspecified atom stereocenters. The molecule has 4 nitrogen and oxygen atoms in total. The highest BCUT2D eigenvalue weighted by atomic mass is 16.2. The molecule has 0 spiro atoms. The Balaban J connectivity index is 4.10. The molecular weight excluding hydrogens is 566 g/mol. The number of rotatable bonds is 35. The van der Waals surface area contributed by atoms with Crippen LogP contribution in [0.1, 0.15) is 214 Å². The first-order valence-corrected chi connectivity index (χ1v) is 19.9. The highest BCUT2D eigenvalue weighted by Gasteiger charge is 2.40. The van der Waals surface area contributed by atoms with E-state index in [1.807, 2.05) is 0 Å². The quantitative estimate of drug-likeness (QED) is 0.0551. The van der Waals surface area contributed by atoms with Gasteiger partial charge < -0.3 is 5.73 Å². The van der Waals surface area contributed by atoms with Crippen LogP contribution in [0.4, 0.5) is 0 Å². The molecule has 0 aromatic heterocycles. The predicted molar refractivity (Wildman–Crippen MR) is 200 cm³/mol. The Bertz CT molecular complexity index is 797. The third kappa shape index (κ3) is 26.4. The van der Waals surface area contributed by atoms with Crippen molar-refractivity contribution in [2.24, 2.45) is 17.1 Å². The molecule has 0 rings (SSSR count). The van der Waals surface area contributed by atoms with Gasteiger partial charge in [-0.1, -0.05) is 155 Å². The van der Waals surface area contributed by atoms with Crippen molar-refractivity contribution in [3.8, 4) is 0 Å². The summed E-state index contributed by atoms with van der Waals surface area (Å²) in [5.74, 6) is -0.990. The number of amides is 1. The maximum absolute atomic E-state index is 13.2. The summed E-state index contributed by atoms with van der Waals surface area (Å²) in [7, 11) is 0. The van der Waals surface area contributed by atoms with Crippen LogP contribution in [0.25, 0.3) is 0 Å². The second kappa shape index (κ2) is 31.9. The van der Waals surface area contributed by atoms with Crippen LogP contribution in [-0.2, 0) is 14.4 Å². The van der Waals surface area contributed by atoms with Gasteiger partial charge in [0.1, 0.15) is 11.6 Å². The van der Waals surface area contributed by atoms with Crippen LogP contribution < -0.4 is 5.73 Å². The molecule has 0 saturated carbocycles. The molecule has 1 amide bonds. The fourth-order valence-corrected chi connectivity index (χ4v) is 6.21. The van der Waals surface area contributed by atoms with Crippen molar-refractivity contribution >= 4 is 17.5 Å². The van der Waals surface area contributed by atoms with E-state index in [9.17, 15) is 14.4 Å². The fourth-order valence-electron chi connectivity index (χ4n) is 6.21. The van der Waals surface area contributed by atoms with Crippen molar-refractivity contribution < 1.29 is 14.4 Å². The van der Waals surface area contributed by atoms with E-state index in [0.29, 0.717) is 12.8 Å². The van der Waals surface area contributed by atoms with E-state index >= 15 is 0 Å². The minimum Gasteiger partial charge on any atom is -0.369 e. The molecule has 0 aromatic carbocycles. The fraction of sp³-hybridized carbons (Fsp3) is 0.833. The predicted octanol–water partition coefficient (Wildman–Crippen LogP) is 12.7. The molecule has 0 fully saturated rings. The number of Topliss-reactive ketones (excluding diaryl/α,β-unsaturated/α-hetero) is 2. The number of hydrogen-bond donors (Lipinski definition) is 1. The second-order valence-corrected chi connectivity index (χ2v) is 14.5. The van der Waals surface area contributed by atoms with Crippen LogP contribution in [-0.4, -0.2) is 17.5 Å². The molecule has 0 heterocycles. The molecule has 4 heteroatoms. The lowest BCUT2D eigenvalue weighted by Crippen LogP contribution is -2.43. The zero-order valence-corrected chi connectivity index (χ0v) is 31.2. The number of carbonyl (C=O) groups is 3. The number of primary amides is 1. The lowest BCUT2D eigenvalue weighted by Gasteiger charge is -2.30. The summed E-state index contributed by atoms with van der Waals surface area (Å²) in [4.78, 5) is 38.3. The highest BCUT2D eigenvalue weighted by molar-refractivity contribution is 5.94. The van der Waals surface area contributed by atoms with E-state index < -0.39 is 17.2 Å². The van der Waals surface area contributed by atoms with Gasteiger partial charge in [-0.25, -0.2) is 0 Å². The molecule has 0 bridgehead atoms. The maximum Gasteiger partial charge on any atom is 0.223 e. The van der Waals surface area contributed by atoms with Gasteiger partial charge in [0, 0.05) is 25.2 Å². The Morgan fingerprint density at radius 2 is 0.826 bits per heavy atom. The van der Waals surface area contributed by atoms with Gasteiger partial charge in [-0.15, -0.1) is 0 Å². The molecule has 0 radical (unpaired) electrons. The summed E-state index contributed by atoms with van der Waals surface area (Å²) in [6.07, 6.45) is 42.1. The van der Waals surface area contributed by atoms with E-state index in [4.69, 9.17) is 5.73 Å². The van der Waals surface area contributed by atoms with Gasteiger partial charge in [0.2, 0.25) is 5.91 Å². The van der Waals surface area contributed by atoms with Gasteiger partial charge >= 0.3 is 0 Å². The molecule has 46 heavy (non-hydrogen) atoms. The largest absolute Gasteiger partial charge is 0.369 e. The van der Waals surface area contributed by atoms with Crippen molar-refractivity contribution in [1.29, 1.82) is 0 Å². The van der Waals surface area contributed by atoms with Crippen LogP contribution in [0.2, 0.25) is 0 Å². The molecule has 2 N–H and O–H groups in total. The first kappa shape index (κ1) is 44.3. The number of carbonyl (C=O) groups excluding carboxylic acids is 3. The van der Waals surface area contributed by atoms with Crippen molar-refractivity contribution in [3.05, 3.63) is 24.3 Å². The molecule has 268 valence electrons. The Hall–Kier alpha value is -1.71. The summed E-state index contributed by atoms with van der Waals surface area (Å²) in [6.45, 7) is 7.98. The molecule has 0 aliphatic rings. The van der Waals surface area contributed by atoms with Gasteiger partial charge in [0.15, 0.2) is 0 Å². The van der Waals surface area contributed by atoms with Gasteiger partial charge in [0.05, 0.1) is 5.41 Å². The van der Waals surface area contributed by atoms with Crippen LogP contribution in [0.5, 0.6) is 0 Å². The normalized spacial score (nSPS) is 12.8. The van der Waals surface area contributed by atoms with Gasteiger partial charge in [-0.3, -0.25) is 14.4 Å². The Labute approximate surface area is 286 Å². The van der Waals surface area contributed by atoms with Crippen LogP contribution in [0.3, 0.4) is 0 Å². The molecule has 0 aromatic rings. The smallest absolute Gasteiger partial charge is 0.223 e. The monoisotopic (exact) mass is 644 g/mol. The third-order valence-corrected chi connectivity index (χ3v) is 9.73. The van der Waals surface area contributed by atoms with E-state index in [-0.39, 0.29) is 18.0 Å². The summed E-state index contributed by atoms with van der Waals surface area (Å²) >= 11 is 0. The first-order valence-electron chi connectivity index (χ1n) is 19.9. The summed E-state index contributed by atoms with van der Waals surface area (Å²) in [5, 5.41) is 0. The minimum absolute atomic E-state index is 0.0272. The lowest BCUT2D eigenvalue weighted by molar-refractivity contribution is -0.139. The highest BCUT2D eigenvalue weighted by Crippen LogP contribution is 2.32. The van der Waals surface area contributed by atoms with Crippen molar-refractivity contribution in [1.82, 2.24) is 0 Å². The Kier molecular flexibility index (Phi) is 30.7. The number of nitrogens with two attached hydrogens (primary N) is 1. The number of allylic oxidation sites excluding steroid dienone is 4. The first-order chi connectivity index (χ1) is 22.3. The number of ketones is 2. The average Bonchev–Trinajstić information content (AvgIpc) is 3.03. The zero-order chi connectivity index (χ0) is 34.1. The third-order valence-electron chi connectivity index (χ3n) is 9.73. The second-order valence-electron chi connectivity index (χ2n) is 14.5. The molecule has 0 aliphatic carbocycles. The van der Waals surface area contributed by atoms with E-state index in [1.165, 1.54) is 116 Å². The van der Waals surface area contributed by atoms with E-state index in [0.717, 1.165) is 51.4 Å². The zero-order valence-electron chi connectivity index (χ0n) is 31.2. The Morgan fingerprint density at radius 3 is 1.20 bits per heavy atom. The average molecular weight is 644 g/mol. The number of hydrogen-bond acceptors (Lipinski definition) is 3. The van der Waals surface area contributed by atoms with Gasteiger partial charge in [-0.05, 0) is 64.2 Å². The summed E-state index contributed by atoms with van der Waals surface area (Å²) < 4.78 is 0. The molecule has 0 saturated heterocycles. The van der Waals surface area contributed by atoms with Crippen molar-refractivity contribution in [2.45, 2.75) is 214 Å². The maximum atomic E-state index is 13.2. The SMILES string of the molecule is CCCCCCCC/C=C\CCCCCCCC(=O)CC(C(=O)CCCCCCC/C=C\CCCCCCCC)C(C)(C)C(N)=O. The van der Waals surface area contributed by atoms with Crippen molar-refractivity contribution in [2.75, 3.05) is 0 Å². The van der Waals surface area contributed by atoms with Gasteiger partial charge in [-0.2, -0.15) is 0 Å². The van der Waals surface area contributed by atoms with E-state index in [1.54, 1.807) is 13.8 Å². The Morgan fingerprint density at radius 1 is 0.500 bits per heavy atom. The number of unbranched alkanes of at least 4 members (excludes halogenated alkanes) is 22. The lowest BCUT2D eigenvalue weighted by atomic mass is 9.72. The molecular formula is C42H77NO3. The summed E-state index contributed by atoms with van der Waals surface area (Å²) in [6, 6.07) is 0. The van der Waals surface area contributed by atoms with Crippen molar-refractivity contribution in [3.63, 3.8) is 0 Å². The molecule has 0 aliphatic heterocycles. The van der Waals surface area contributed by atoms with E-state index in [2.05, 4.69) is 38.2 Å². The summed E-state index contributed by atoms with van der Waals surface area (Å²) in [5.41, 5.74) is 4.69. The van der Waals surface area contributed by atoms with Gasteiger partial charge in [0.25, 0.3) is 0 Å². The topological polar surface area (TPSA) is 77.2 Å². The standard InChI is InChI=1S/C42H77NO3/c1-5-7-9-11-13-15-17-19-21-23-25-27-29-31-33-35-38(44)37-39(42(3,4)41(43)46)40(45)36-34-32-30-28-26-24-22-20-18-16-14-12-10-8-6-2/h19-22,39H,5-18,23-37H2,1-4H3,(H2,43,46)/b21-19-,22-20-.